The van der Waals surface area contributed by atoms with E-state index in [9.17, 15) is 4.79 Å². The van der Waals surface area contributed by atoms with Crippen molar-refractivity contribution in [2.45, 2.75) is 44.2 Å². The number of ether oxygens (including phenoxy) is 2. The van der Waals surface area contributed by atoms with E-state index in [1.54, 1.807) is 7.11 Å². The molecule has 2 fully saturated rings. The topological polar surface area (TPSA) is 50.8 Å². The molecule has 0 aromatic carbocycles. The average molecular weight is 284 g/mol. The minimum atomic E-state index is -0.514. The Hall–Kier alpha value is -0.650. The van der Waals surface area contributed by atoms with Crippen LogP contribution in [0.1, 0.15) is 32.6 Å². The number of hydrogen-bond donors (Lipinski definition) is 1. The highest BCUT2D eigenvalue weighted by molar-refractivity contribution is 5.82. The largest absolute Gasteiger partial charge is 0.465 e. The Morgan fingerprint density at radius 2 is 2.05 bits per heavy atom. The van der Waals surface area contributed by atoms with E-state index in [-0.39, 0.29) is 5.97 Å². The van der Waals surface area contributed by atoms with Gasteiger partial charge < -0.3 is 14.4 Å². The molecule has 2 rings (SSSR count). The number of methoxy groups -OCH3 is 1. The van der Waals surface area contributed by atoms with Crippen molar-refractivity contribution in [1.29, 1.82) is 0 Å². The molecule has 2 aliphatic rings. The fraction of sp³-hybridized carbons (Fsp3) is 0.933. The highest BCUT2D eigenvalue weighted by Gasteiger charge is 2.54. The van der Waals surface area contributed by atoms with E-state index in [0.29, 0.717) is 31.7 Å². The summed E-state index contributed by atoms with van der Waals surface area (Å²) in [7, 11) is 3.75. The van der Waals surface area contributed by atoms with Crippen LogP contribution in [0.2, 0.25) is 0 Å². The zero-order valence-electron chi connectivity index (χ0n) is 13.0. The quantitative estimate of drug-likeness (QED) is 0.607. The van der Waals surface area contributed by atoms with E-state index < -0.39 is 5.54 Å². The molecule has 2 saturated carbocycles. The van der Waals surface area contributed by atoms with E-state index in [2.05, 4.69) is 10.2 Å². The van der Waals surface area contributed by atoms with E-state index in [4.69, 9.17) is 9.47 Å². The van der Waals surface area contributed by atoms with Gasteiger partial charge >= 0.3 is 5.97 Å². The molecule has 1 atom stereocenters. The molecular formula is C15H28N2O3. The van der Waals surface area contributed by atoms with Crippen molar-refractivity contribution in [2.24, 2.45) is 5.92 Å². The summed E-state index contributed by atoms with van der Waals surface area (Å²) in [5.41, 5.74) is -0.514. The summed E-state index contributed by atoms with van der Waals surface area (Å²) in [6.45, 7) is 4.54. The summed E-state index contributed by atoms with van der Waals surface area (Å²) in [4.78, 5) is 14.8. The number of carbonyl (C=O) groups is 1. The average Bonchev–Trinajstić information content (AvgIpc) is 3.27. The SMILES string of the molecule is CCOC(=O)C(CN(C)CCOC)(NC1CC1)C1CC1. The van der Waals surface area contributed by atoms with Crippen LogP contribution in [0.3, 0.4) is 0 Å². The second-order valence-corrected chi connectivity index (χ2v) is 6.12. The van der Waals surface area contributed by atoms with Gasteiger partial charge in [-0.05, 0) is 45.6 Å². The van der Waals surface area contributed by atoms with Gasteiger partial charge in [0.1, 0.15) is 5.54 Å². The maximum Gasteiger partial charge on any atom is 0.327 e. The van der Waals surface area contributed by atoms with Gasteiger partial charge in [0, 0.05) is 26.2 Å². The van der Waals surface area contributed by atoms with Crippen LogP contribution in [-0.4, -0.2) is 62.9 Å². The minimum absolute atomic E-state index is 0.0707. The Morgan fingerprint density at radius 1 is 1.35 bits per heavy atom. The third-order valence-corrected chi connectivity index (χ3v) is 4.15. The van der Waals surface area contributed by atoms with Crippen LogP contribution in [0.5, 0.6) is 0 Å². The molecule has 1 N–H and O–H groups in total. The van der Waals surface area contributed by atoms with Gasteiger partial charge in [-0.1, -0.05) is 0 Å². The molecule has 20 heavy (non-hydrogen) atoms. The lowest BCUT2D eigenvalue weighted by atomic mass is 9.92. The zero-order chi connectivity index (χ0) is 14.6. The molecular weight excluding hydrogens is 256 g/mol. The van der Waals surface area contributed by atoms with E-state index in [1.807, 2.05) is 14.0 Å². The lowest BCUT2D eigenvalue weighted by Gasteiger charge is -2.36. The summed E-state index contributed by atoms with van der Waals surface area (Å²) in [6, 6.07) is 0.496. The number of hydrogen-bond acceptors (Lipinski definition) is 5. The van der Waals surface area contributed by atoms with Crippen molar-refractivity contribution >= 4 is 5.97 Å². The first-order valence-corrected chi connectivity index (χ1v) is 7.74. The minimum Gasteiger partial charge on any atom is -0.465 e. The van der Waals surface area contributed by atoms with Gasteiger partial charge in [0.2, 0.25) is 0 Å². The highest BCUT2D eigenvalue weighted by atomic mass is 16.5. The van der Waals surface area contributed by atoms with Crippen LogP contribution in [0.15, 0.2) is 0 Å². The maximum absolute atomic E-state index is 12.6. The van der Waals surface area contributed by atoms with E-state index in [0.717, 1.165) is 19.4 Å². The van der Waals surface area contributed by atoms with E-state index in [1.165, 1.54) is 12.8 Å². The molecule has 0 heterocycles. The summed E-state index contributed by atoms with van der Waals surface area (Å²) in [5, 5.41) is 3.60. The van der Waals surface area contributed by atoms with Crippen LogP contribution in [-0.2, 0) is 14.3 Å². The summed E-state index contributed by atoms with van der Waals surface area (Å²) >= 11 is 0. The molecule has 1 unspecified atom stereocenters. The number of esters is 1. The van der Waals surface area contributed by atoms with Gasteiger partial charge in [0.15, 0.2) is 0 Å². The normalized spacial score (nSPS) is 21.8. The predicted octanol–water partition coefficient (Wildman–Crippen LogP) is 1.03. The fourth-order valence-corrected chi connectivity index (χ4v) is 2.76. The first-order chi connectivity index (χ1) is 9.62. The van der Waals surface area contributed by atoms with Crippen molar-refractivity contribution in [3.8, 4) is 0 Å². The monoisotopic (exact) mass is 284 g/mol. The third kappa shape index (κ3) is 3.93. The smallest absolute Gasteiger partial charge is 0.327 e. The lowest BCUT2D eigenvalue weighted by molar-refractivity contribution is -0.153. The Bertz CT molecular complexity index is 329. The van der Waals surface area contributed by atoms with Crippen LogP contribution in [0.25, 0.3) is 0 Å². The van der Waals surface area contributed by atoms with Crippen molar-refractivity contribution in [1.82, 2.24) is 10.2 Å². The van der Waals surface area contributed by atoms with Gasteiger partial charge in [-0.25, -0.2) is 4.79 Å². The zero-order valence-corrected chi connectivity index (χ0v) is 13.0. The number of nitrogens with zero attached hydrogens (tertiary/aromatic N) is 1. The molecule has 0 aliphatic heterocycles. The van der Waals surface area contributed by atoms with Crippen LogP contribution < -0.4 is 5.32 Å². The van der Waals surface area contributed by atoms with Gasteiger partial charge in [-0.3, -0.25) is 5.32 Å². The molecule has 5 heteroatoms. The van der Waals surface area contributed by atoms with Gasteiger partial charge in [-0.15, -0.1) is 0 Å². The predicted molar refractivity (Wildman–Crippen MR) is 77.6 cm³/mol. The summed E-state index contributed by atoms with van der Waals surface area (Å²) in [5.74, 6) is 0.353. The highest BCUT2D eigenvalue weighted by Crippen LogP contribution is 2.42. The Labute approximate surface area is 122 Å². The first-order valence-electron chi connectivity index (χ1n) is 7.74. The second-order valence-electron chi connectivity index (χ2n) is 6.12. The maximum atomic E-state index is 12.6. The van der Waals surface area contributed by atoms with Crippen LogP contribution >= 0.6 is 0 Å². The second kappa shape index (κ2) is 6.87. The molecule has 0 bridgehead atoms. The number of nitrogens with one attached hydrogen (secondary N) is 1. The molecule has 0 spiro atoms. The van der Waals surface area contributed by atoms with Gasteiger partial charge in [0.25, 0.3) is 0 Å². The Balaban J connectivity index is 2.05. The van der Waals surface area contributed by atoms with Crippen molar-refractivity contribution in [2.75, 3.05) is 40.5 Å². The first kappa shape index (κ1) is 15.7. The number of carbonyl (C=O) groups excluding carboxylic acids is 1. The summed E-state index contributed by atoms with van der Waals surface area (Å²) < 4.78 is 10.5. The fourth-order valence-electron chi connectivity index (χ4n) is 2.76. The van der Waals surface area contributed by atoms with Gasteiger partial charge in [-0.2, -0.15) is 0 Å². The number of rotatable bonds is 10. The van der Waals surface area contributed by atoms with Crippen molar-refractivity contribution < 1.29 is 14.3 Å². The molecule has 116 valence electrons. The van der Waals surface area contributed by atoms with E-state index >= 15 is 0 Å². The molecule has 0 aromatic heterocycles. The molecule has 0 aromatic rings. The molecule has 0 radical (unpaired) electrons. The summed E-state index contributed by atoms with van der Waals surface area (Å²) in [6.07, 6.45) is 4.60. The van der Waals surface area contributed by atoms with Crippen molar-refractivity contribution in [3.63, 3.8) is 0 Å². The lowest BCUT2D eigenvalue weighted by Crippen LogP contribution is -2.61. The molecule has 0 saturated heterocycles. The van der Waals surface area contributed by atoms with Gasteiger partial charge in [0.05, 0.1) is 13.2 Å². The third-order valence-electron chi connectivity index (χ3n) is 4.15. The number of likely N-dealkylation sites (N-methyl/N-ethyl adjacent to an activating group) is 1. The standard InChI is InChI=1S/C15H28N2O3/c1-4-20-14(18)15(12-5-6-12,16-13-7-8-13)11-17(2)9-10-19-3/h12-13,16H,4-11H2,1-3H3. The Morgan fingerprint density at radius 3 is 2.55 bits per heavy atom. The molecule has 5 nitrogen and oxygen atoms in total. The van der Waals surface area contributed by atoms with Crippen molar-refractivity contribution in [3.05, 3.63) is 0 Å². The van der Waals surface area contributed by atoms with Crippen LogP contribution in [0.4, 0.5) is 0 Å². The molecule has 2 aliphatic carbocycles. The Kier molecular flexibility index (Phi) is 5.41. The van der Waals surface area contributed by atoms with Crippen LogP contribution in [0, 0.1) is 5.92 Å². The molecule has 0 amide bonds.